The van der Waals surface area contributed by atoms with Crippen LogP contribution in [-0.4, -0.2) is 23.0 Å². The maximum absolute atomic E-state index is 12.3. The number of carbonyl (C=O) groups is 1. The molecule has 0 aliphatic heterocycles. The first-order chi connectivity index (χ1) is 9.49. The number of aromatic hydroxyl groups is 1. The van der Waals surface area contributed by atoms with Gasteiger partial charge in [0.2, 0.25) is 0 Å². The Morgan fingerprint density at radius 1 is 1.15 bits per heavy atom. The largest absolute Gasteiger partial charge is 0.506 e. The summed E-state index contributed by atoms with van der Waals surface area (Å²) in [6.45, 7) is 0.400. The molecule has 0 spiro atoms. The Labute approximate surface area is 127 Å². The van der Waals surface area contributed by atoms with Crippen LogP contribution in [0.2, 0.25) is 10.0 Å². The molecule has 0 unspecified atom stereocenters. The van der Waals surface area contributed by atoms with Crippen molar-refractivity contribution < 1.29 is 9.90 Å². The topological polar surface area (TPSA) is 40.5 Å². The van der Waals surface area contributed by atoms with Gasteiger partial charge in [-0.25, -0.2) is 0 Å². The highest BCUT2D eigenvalue weighted by molar-refractivity contribution is 6.32. The van der Waals surface area contributed by atoms with Crippen molar-refractivity contribution in [3.63, 3.8) is 0 Å². The molecule has 0 fully saturated rings. The van der Waals surface area contributed by atoms with E-state index in [2.05, 4.69) is 0 Å². The zero-order chi connectivity index (χ0) is 14.7. The number of hydrogen-bond donors (Lipinski definition) is 1. The van der Waals surface area contributed by atoms with Crippen LogP contribution in [0.3, 0.4) is 0 Å². The molecule has 0 bridgehead atoms. The van der Waals surface area contributed by atoms with E-state index in [0.29, 0.717) is 17.1 Å². The summed E-state index contributed by atoms with van der Waals surface area (Å²) < 4.78 is 0. The van der Waals surface area contributed by atoms with Gasteiger partial charge in [0.25, 0.3) is 5.91 Å². The highest BCUT2D eigenvalue weighted by Gasteiger charge is 2.14. The molecule has 0 heterocycles. The molecule has 3 nitrogen and oxygen atoms in total. The molecule has 20 heavy (non-hydrogen) atoms. The third-order valence-corrected chi connectivity index (χ3v) is 3.58. The first kappa shape index (κ1) is 14.7. The average molecular weight is 310 g/mol. The van der Waals surface area contributed by atoms with Gasteiger partial charge in [-0.05, 0) is 29.8 Å². The van der Waals surface area contributed by atoms with Crippen LogP contribution in [0, 0.1) is 0 Å². The number of nitrogens with zero attached hydrogens (tertiary/aromatic N) is 1. The Morgan fingerprint density at radius 2 is 1.85 bits per heavy atom. The Morgan fingerprint density at radius 3 is 2.50 bits per heavy atom. The summed E-state index contributed by atoms with van der Waals surface area (Å²) in [6.07, 6.45) is 0. The summed E-state index contributed by atoms with van der Waals surface area (Å²) in [6, 6.07) is 11.8. The van der Waals surface area contributed by atoms with Gasteiger partial charge in [-0.1, -0.05) is 41.4 Å². The fourth-order valence-electron chi connectivity index (χ4n) is 1.81. The number of halogens is 2. The van der Waals surface area contributed by atoms with Crippen LogP contribution < -0.4 is 0 Å². The van der Waals surface area contributed by atoms with E-state index in [-0.39, 0.29) is 16.7 Å². The Kier molecular flexibility index (Phi) is 4.53. The SMILES string of the molecule is CN(Cc1ccccc1Cl)C(=O)c1ccc(O)c(Cl)c1. The monoisotopic (exact) mass is 309 g/mol. The van der Waals surface area contributed by atoms with Crippen LogP contribution in [-0.2, 0) is 6.54 Å². The summed E-state index contributed by atoms with van der Waals surface area (Å²) in [5, 5.41) is 10.1. The molecule has 0 atom stereocenters. The first-order valence-electron chi connectivity index (χ1n) is 5.96. The summed E-state index contributed by atoms with van der Waals surface area (Å²) in [5.41, 5.74) is 1.29. The lowest BCUT2D eigenvalue weighted by Gasteiger charge is -2.18. The molecule has 1 amide bonds. The Balaban J connectivity index is 2.16. The van der Waals surface area contributed by atoms with Crippen molar-refractivity contribution in [2.24, 2.45) is 0 Å². The van der Waals surface area contributed by atoms with Gasteiger partial charge in [-0.2, -0.15) is 0 Å². The van der Waals surface area contributed by atoms with E-state index in [0.717, 1.165) is 5.56 Å². The van der Waals surface area contributed by atoms with E-state index in [1.165, 1.54) is 18.2 Å². The Hall–Kier alpha value is -1.71. The van der Waals surface area contributed by atoms with E-state index >= 15 is 0 Å². The minimum absolute atomic E-state index is 0.0445. The molecule has 5 heteroatoms. The van der Waals surface area contributed by atoms with Crippen LogP contribution in [0.25, 0.3) is 0 Å². The number of carbonyl (C=O) groups excluding carboxylic acids is 1. The molecular formula is C15H13Cl2NO2. The fraction of sp³-hybridized carbons (Fsp3) is 0.133. The van der Waals surface area contributed by atoms with Crippen molar-refractivity contribution >= 4 is 29.1 Å². The van der Waals surface area contributed by atoms with E-state index in [1.54, 1.807) is 18.0 Å². The highest BCUT2D eigenvalue weighted by atomic mass is 35.5. The molecule has 1 N–H and O–H groups in total. The number of rotatable bonds is 3. The van der Waals surface area contributed by atoms with E-state index in [1.807, 2.05) is 18.2 Å². The lowest BCUT2D eigenvalue weighted by Crippen LogP contribution is -2.26. The molecule has 0 saturated heterocycles. The van der Waals surface area contributed by atoms with Gasteiger partial charge in [0.1, 0.15) is 5.75 Å². The van der Waals surface area contributed by atoms with Crippen molar-refractivity contribution in [1.82, 2.24) is 4.90 Å². The predicted molar refractivity (Wildman–Crippen MR) is 80.4 cm³/mol. The summed E-state index contributed by atoms with van der Waals surface area (Å²) >= 11 is 11.9. The minimum Gasteiger partial charge on any atom is -0.506 e. The molecular weight excluding hydrogens is 297 g/mol. The van der Waals surface area contributed by atoms with Crippen LogP contribution in [0.15, 0.2) is 42.5 Å². The lowest BCUT2D eigenvalue weighted by molar-refractivity contribution is 0.0785. The molecule has 0 aliphatic carbocycles. The second kappa shape index (κ2) is 6.16. The van der Waals surface area contributed by atoms with Gasteiger partial charge in [0, 0.05) is 24.2 Å². The van der Waals surface area contributed by atoms with Gasteiger partial charge in [0.15, 0.2) is 0 Å². The fourth-order valence-corrected chi connectivity index (χ4v) is 2.19. The van der Waals surface area contributed by atoms with Gasteiger partial charge in [-0.3, -0.25) is 4.79 Å². The zero-order valence-corrected chi connectivity index (χ0v) is 12.3. The van der Waals surface area contributed by atoms with Crippen LogP contribution >= 0.6 is 23.2 Å². The van der Waals surface area contributed by atoms with Crippen molar-refractivity contribution in [2.75, 3.05) is 7.05 Å². The smallest absolute Gasteiger partial charge is 0.253 e. The van der Waals surface area contributed by atoms with Crippen LogP contribution in [0.5, 0.6) is 5.75 Å². The molecule has 104 valence electrons. The Bertz CT molecular complexity index is 644. The molecule has 2 aromatic carbocycles. The molecule has 0 aliphatic rings. The summed E-state index contributed by atoms with van der Waals surface area (Å²) in [5.74, 6) is -0.233. The maximum atomic E-state index is 12.3. The maximum Gasteiger partial charge on any atom is 0.253 e. The van der Waals surface area contributed by atoms with Crippen molar-refractivity contribution in [2.45, 2.75) is 6.54 Å². The molecule has 2 aromatic rings. The van der Waals surface area contributed by atoms with Crippen molar-refractivity contribution in [3.05, 3.63) is 63.6 Å². The number of phenolic OH excluding ortho intramolecular Hbond substituents is 1. The van der Waals surface area contributed by atoms with Gasteiger partial charge >= 0.3 is 0 Å². The second-order valence-electron chi connectivity index (χ2n) is 4.42. The van der Waals surface area contributed by atoms with Gasteiger partial charge in [-0.15, -0.1) is 0 Å². The molecule has 0 saturated carbocycles. The third kappa shape index (κ3) is 3.24. The van der Waals surface area contributed by atoms with E-state index in [4.69, 9.17) is 23.2 Å². The molecule has 0 radical (unpaired) electrons. The predicted octanol–water partition coefficient (Wildman–Crippen LogP) is 3.97. The number of amides is 1. The lowest BCUT2D eigenvalue weighted by atomic mass is 10.1. The molecule has 0 aromatic heterocycles. The average Bonchev–Trinajstić information content (AvgIpc) is 2.43. The zero-order valence-electron chi connectivity index (χ0n) is 10.8. The second-order valence-corrected chi connectivity index (χ2v) is 5.23. The highest BCUT2D eigenvalue weighted by Crippen LogP contribution is 2.24. The van der Waals surface area contributed by atoms with Crippen molar-refractivity contribution in [1.29, 1.82) is 0 Å². The number of phenols is 1. The molecule has 2 rings (SSSR count). The normalized spacial score (nSPS) is 10.3. The summed E-state index contributed by atoms with van der Waals surface area (Å²) in [4.78, 5) is 13.8. The van der Waals surface area contributed by atoms with Crippen LogP contribution in [0.4, 0.5) is 0 Å². The summed E-state index contributed by atoms with van der Waals surface area (Å²) in [7, 11) is 1.69. The van der Waals surface area contributed by atoms with Gasteiger partial charge in [0.05, 0.1) is 5.02 Å². The van der Waals surface area contributed by atoms with E-state index < -0.39 is 0 Å². The van der Waals surface area contributed by atoms with Crippen LogP contribution in [0.1, 0.15) is 15.9 Å². The first-order valence-corrected chi connectivity index (χ1v) is 6.72. The third-order valence-electron chi connectivity index (χ3n) is 2.91. The van der Waals surface area contributed by atoms with E-state index in [9.17, 15) is 9.90 Å². The quantitative estimate of drug-likeness (QED) is 0.932. The minimum atomic E-state index is -0.188. The number of hydrogen-bond acceptors (Lipinski definition) is 2. The standard InChI is InChI=1S/C15H13Cl2NO2/c1-18(9-11-4-2-3-5-12(11)16)15(20)10-6-7-14(19)13(17)8-10/h2-8,19H,9H2,1H3. The number of benzene rings is 2. The van der Waals surface area contributed by atoms with Gasteiger partial charge < -0.3 is 10.0 Å². The van der Waals surface area contributed by atoms with Crippen molar-refractivity contribution in [3.8, 4) is 5.75 Å².